The van der Waals surface area contributed by atoms with Crippen LogP contribution < -0.4 is 0 Å². The van der Waals surface area contributed by atoms with Crippen molar-refractivity contribution in [2.75, 3.05) is 0 Å². The number of carboxylic acids is 1. The van der Waals surface area contributed by atoms with Crippen molar-refractivity contribution >= 4 is 52.4 Å². The molecule has 104 valence electrons. The summed E-state index contributed by atoms with van der Waals surface area (Å²) in [6.45, 7) is 0. The number of pyridine rings is 1. The number of benzene rings is 1. The van der Waals surface area contributed by atoms with Crippen molar-refractivity contribution in [3.63, 3.8) is 0 Å². The van der Waals surface area contributed by atoms with Gasteiger partial charge in [0.05, 0.1) is 27.2 Å². The minimum atomic E-state index is -0.959. The molecule has 1 aromatic heterocycles. The summed E-state index contributed by atoms with van der Waals surface area (Å²) < 4.78 is 0. The Morgan fingerprint density at radius 3 is 2.40 bits per heavy atom. The van der Waals surface area contributed by atoms with Crippen molar-refractivity contribution in [2.24, 2.45) is 0 Å². The van der Waals surface area contributed by atoms with E-state index < -0.39 is 5.97 Å². The lowest BCUT2D eigenvalue weighted by atomic mass is 10.1. The van der Waals surface area contributed by atoms with Crippen LogP contribution in [0.25, 0.3) is 11.3 Å². The van der Waals surface area contributed by atoms with E-state index in [2.05, 4.69) is 4.98 Å². The average molecular weight is 351 g/mol. The smallest absolute Gasteiger partial charge is 0.307 e. The first kappa shape index (κ1) is 15.4. The van der Waals surface area contributed by atoms with Gasteiger partial charge < -0.3 is 5.11 Å². The van der Waals surface area contributed by atoms with E-state index in [1.54, 1.807) is 6.07 Å². The van der Waals surface area contributed by atoms with E-state index >= 15 is 0 Å². The van der Waals surface area contributed by atoms with Crippen molar-refractivity contribution in [1.82, 2.24) is 4.98 Å². The molecule has 0 spiro atoms. The second-order valence-electron chi connectivity index (χ2n) is 3.99. The maximum Gasteiger partial charge on any atom is 0.307 e. The van der Waals surface area contributed by atoms with Crippen molar-refractivity contribution < 1.29 is 9.90 Å². The molecule has 1 heterocycles. The van der Waals surface area contributed by atoms with Crippen LogP contribution in [0.3, 0.4) is 0 Å². The van der Waals surface area contributed by atoms with E-state index in [0.29, 0.717) is 26.9 Å². The molecule has 0 bridgehead atoms. The molecule has 2 aromatic rings. The van der Waals surface area contributed by atoms with Gasteiger partial charge in [-0.3, -0.25) is 9.78 Å². The third-order valence-corrected chi connectivity index (χ3v) is 3.81. The summed E-state index contributed by atoms with van der Waals surface area (Å²) in [5.74, 6) is -0.959. The van der Waals surface area contributed by atoms with Gasteiger partial charge in [-0.15, -0.1) is 0 Å². The lowest BCUT2D eigenvalue weighted by Crippen LogP contribution is -2.01. The van der Waals surface area contributed by atoms with Crippen LogP contribution in [0.2, 0.25) is 20.1 Å². The number of nitrogens with zero attached hydrogens (tertiary/aromatic N) is 1. The maximum atomic E-state index is 10.7. The van der Waals surface area contributed by atoms with Gasteiger partial charge in [-0.2, -0.15) is 0 Å². The second kappa shape index (κ2) is 6.19. The molecule has 0 atom stereocenters. The molecule has 2 rings (SSSR count). The summed E-state index contributed by atoms with van der Waals surface area (Å²) >= 11 is 24.1. The van der Waals surface area contributed by atoms with Crippen LogP contribution in [-0.2, 0) is 11.2 Å². The molecule has 0 amide bonds. The molecule has 0 unspecified atom stereocenters. The van der Waals surface area contributed by atoms with Gasteiger partial charge in [0.2, 0.25) is 0 Å². The molecule has 0 aliphatic carbocycles. The average Bonchev–Trinajstić information content (AvgIpc) is 2.33. The SMILES string of the molecule is O=C(O)Cc1cnc(-c2cc(Cl)cc(Cl)c2Cl)c(Cl)c1. The predicted molar refractivity (Wildman–Crippen MR) is 81.1 cm³/mol. The third kappa shape index (κ3) is 3.36. The first-order valence-corrected chi connectivity index (χ1v) is 6.91. The topological polar surface area (TPSA) is 50.2 Å². The van der Waals surface area contributed by atoms with Gasteiger partial charge in [0.1, 0.15) is 0 Å². The van der Waals surface area contributed by atoms with E-state index in [1.165, 1.54) is 18.3 Å². The minimum absolute atomic E-state index is 0.156. The Morgan fingerprint density at radius 1 is 1.10 bits per heavy atom. The molecule has 0 aliphatic heterocycles. The fourth-order valence-corrected chi connectivity index (χ4v) is 2.66. The fraction of sp³-hybridized carbons (Fsp3) is 0.0769. The monoisotopic (exact) mass is 349 g/mol. The predicted octanol–water partition coefficient (Wildman–Crippen LogP) is 4.99. The highest BCUT2D eigenvalue weighted by atomic mass is 35.5. The lowest BCUT2D eigenvalue weighted by molar-refractivity contribution is -0.136. The van der Waals surface area contributed by atoms with E-state index in [4.69, 9.17) is 51.5 Å². The number of hydrogen-bond donors (Lipinski definition) is 1. The molecule has 7 heteroatoms. The zero-order valence-electron chi connectivity index (χ0n) is 9.83. The Labute approximate surface area is 135 Å². The molecule has 0 radical (unpaired) electrons. The summed E-state index contributed by atoms with van der Waals surface area (Å²) in [7, 11) is 0. The molecule has 0 saturated heterocycles. The number of rotatable bonds is 3. The zero-order valence-corrected chi connectivity index (χ0v) is 12.9. The minimum Gasteiger partial charge on any atom is -0.481 e. The summed E-state index contributed by atoms with van der Waals surface area (Å²) in [4.78, 5) is 14.8. The van der Waals surface area contributed by atoms with Gasteiger partial charge >= 0.3 is 5.97 Å². The van der Waals surface area contributed by atoms with E-state index in [9.17, 15) is 4.79 Å². The standard InChI is InChI=1S/C13H7Cl4NO2/c14-7-3-8(12(17)9(15)4-7)13-10(16)1-6(5-18-13)2-11(19)20/h1,3-5H,2H2,(H,19,20). The Morgan fingerprint density at radius 2 is 1.80 bits per heavy atom. The van der Waals surface area contributed by atoms with Crippen molar-refractivity contribution in [3.8, 4) is 11.3 Å². The fourth-order valence-electron chi connectivity index (χ4n) is 1.68. The first-order chi connectivity index (χ1) is 9.38. The van der Waals surface area contributed by atoms with Crippen LogP contribution >= 0.6 is 46.4 Å². The van der Waals surface area contributed by atoms with Gasteiger partial charge in [0.15, 0.2) is 0 Å². The van der Waals surface area contributed by atoms with Crippen LogP contribution in [0.5, 0.6) is 0 Å². The summed E-state index contributed by atoms with van der Waals surface area (Å²) in [6.07, 6.45) is 1.28. The molecule has 1 N–H and O–H groups in total. The van der Waals surface area contributed by atoms with Crippen molar-refractivity contribution in [1.29, 1.82) is 0 Å². The summed E-state index contributed by atoms with van der Waals surface area (Å²) in [5.41, 5.74) is 1.39. The first-order valence-electron chi connectivity index (χ1n) is 5.39. The Balaban J connectivity index is 2.51. The molecule has 3 nitrogen and oxygen atoms in total. The molecular formula is C13H7Cl4NO2. The third-order valence-electron chi connectivity index (χ3n) is 2.50. The highest BCUT2D eigenvalue weighted by Gasteiger charge is 2.14. The van der Waals surface area contributed by atoms with Gasteiger partial charge in [-0.1, -0.05) is 46.4 Å². The lowest BCUT2D eigenvalue weighted by Gasteiger charge is -2.09. The molecule has 0 saturated carbocycles. The Hall–Kier alpha value is -1.000. The Kier molecular flexibility index (Phi) is 4.76. The number of aliphatic carboxylic acids is 1. The van der Waals surface area contributed by atoms with Gasteiger partial charge in [-0.05, 0) is 23.8 Å². The molecule has 20 heavy (non-hydrogen) atoms. The second-order valence-corrected chi connectivity index (χ2v) is 5.62. The quantitative estimate of drug-likeness (QED) is 0.793. The molecule has 0 aliphatic rings. The zero-order chi connectivity index (χ0) is 14.9. The molecule has 0 fully saturated rings. The Bertz CT molecular complexity index is 688. The van der Waals surface area contributed by atoms with Crippen LogP contribution in [-0.4, -0.2) is 16.1 Å². The normalized spacial score (nSPS) is 10.6. The number of halogens is 4. The van der Waals surface area contributed by atoms with Gasteiger partial charge in [0.25, 0.3) is 0 Å². The van der Waals surface area contributed by atoms with Crippen LogP contribution in [0.1, 0.15) is 5.56 Å². The number of carboxylic acid groups (broad SMARTS) is 1. The van der Waals surface area contributed by atoms with E-state index in [0.717, 1.165) is 0 Å². The summed E-state index contributed by atoms with van der Waals surface area (Å²) in [6, 6.07) is 4.64. The molecule has 1 aromatic carbocycles. The maximum absolute atomic E-state index is 10.7. The highest BCUT2D eigenvalue weighted by Crippen LogP contribution is 2.38. The van der Waals surface area contributed by atoms with E-state index in [1.807, 2.05) is 0 Å². The van der Waals surface area contributed by atoms with Gasteiger partial charge in [0, 0.05) is 16.8 Å². The largest absolute Gasteiger partial charge is 0.481 e. The van der Waals surface area contributed by atoms with Crippen molar-refractivity contribution in [2.45, 2.75) is 6.42 Å². The highest BCUT2D eigenvalue weighted by molar-refractivity contribution is 6.45. The number of hydrogen-bond acceptors (Lipinski definition) is 2. The number of carbonyl (C=O) groups is 1. The van der Waals surface area contributed by atoms with Crippen LogP contribution in [0.15, 0.2) is 24.4 Å². The van der Waals surface area contributed by atoms with Gasteiger partial charge in [-0.25, -0.2) is 0 Å². The number of aromatic nitrogens is 1. The van der Waals surface area contributed by atoms with E-state index in [-0.39, 0.29) is 16.5 Å². The molecular weight excluding hydrogens is 344 g/mol. The summed E-state index contributed by atoms with van der Waals surface area (Å²) in [5, 5.41) is 10.0. The van der Waals surface area contributed by atoms with Crippen LogP contribution in [0, 0.1) is 0 Å². The van der Waals surface area contributed by atoms with Crippen molar-refractivity contribution in [3.05, 3.63) is 50.0 Å². The van der Waals surface area contributed by atoms with Crippen LogP contribution in [0.4, 0.5) is 0 Å².